The molecule has 70 valence electrons. The van der Waals surface area contributed by atoms with Crippen molar-refractivity contribution < 1.29 is 0 Å². The Morgan fingerprint density at radius 1 is 1.25 bits per heavy atom. The molecule has 0 aromatic carbocycles. The normalized spacial score (nSPS) is 30.8. The van der Waals surface area contributed by atoms with Crippen LogP contribution in [-0.4, -0.2) is 6.04 Å². The summed E-state index contributed by atoms with van der Waals surface area (Å²) in [4.78, 5) is 0. The topological polar surface area (TPSA) is 12.0 Å². The fourth-order valence-electron chi connectivity index (χ4n) is 2.02. The highest BCUT2D eigenvalue weighted by molar-refractivity contribution is 4.90. The standard InChI is InChI=1S/C11H21N/c1-9(2)12-11-8-6-4-5-7-10(11)3/h10-12H,1,4-8H2,2-3H3. The summed E-state index contributed by atoms with van der Waals surface area (Å²) in [6.07, 6.45) is 6.92. The quantitative estimate of drug-likeness (QED) is 0.623. The number of allylic oxidation sites excluding steroid dienone is 1. The molecule has 1 aliphatic carbocycles. The molecule has 1 rings (SSSR count). The van der Waals surface area contributed by atoms with Crippen LogP contribution in [0.3, 0.4) is 0 Å². The van der Waals surface area contributed by atoms with Gasteiger partial charge in [-0.25, -0.2) is 0 Å². The van der Waals surface area contributed by atoms with Crippen LogP contribution in [0.4, 0.5) is 0 Å². The van der Waals surface area contributed by atoms with Gasteiger partial charge in [0.05, 0.1) is 0 Å². The van der Waals surface area contributed by atoms with Gasteiger partial charge in [-0.2, -0.15) is 0 Å². The van der Waals surface area contributed by atoms with Crippen molar-refractivity contribution in [2.45, 2.75) is 52.0 Å². The van der Waals surface area contributed by atoms with Crippen molar-refractivity contribution in [3.05, 3.63) is 12.3 Å². The van der Waals surface area contributed by atoms with E-state index >= 15 is 0 Å². The Kier molecular flexibility index (Phi) is 3.64. The molecule has 1 saturated carbocycles. The third kappa shape index (κ3) is 2.88. The second-order valence-corrected chi connectivity index (χ2v) is 4.15. The molecule has 0 bridgehead atoms. The van der Waals surface area contributed by atoms with Crippen LogP contribution >= 0.6 is 0 Å². The summed E-state index contributed by atoms with van der Waals surface area (Å²) in [6, 6.07) is 0.685. The Bertz CT molecular complexity index is 151. The maximum absolute atomic E-state index is 3.90. The summed E-state index contributed by atoms with van der Waals surface area (Å²) in [5, 5.41) is 3.48. The SMILES string of the molecule is C=C(C)NC1CCCCCC1C. The molecule has 0 amide bonds. The molecule has 0 spiro atoms. The van der Waals surface area contributed by atoms with Crippen molar-refractivity contribution in [1.82, 2.24) is 5.32 Å². The Morgan fingerprint density at radius 2 is 1.92 bits per heavy atom. The molecular formula is C11H21N. The van der Waals surface area contributed by atoms with E-state index in [2.05, 4.69) is 25.7 Å². The van der Waals surface area contributed by atoms with Crippen LogP contribution < -0.4 is 5.32 Å². The van der Waals surface area contributed by atoms with Gasteiger partial charge in [-0.1, -0.05) is 32.8 Å². The van der Waals surface area contributed by atoms with Gasteiger partial charge in [-0.15, -0.1) is 0 Å². The Hall–Kier alpha value is -0.460. The summed E-state index contributed by atoms with van der Waals surface area (Å²) < 4.78 is 0. The van der Waals surface area contributed by atoms with Crippen molar-refractivity contribution in [1.29, 1.82) is 0 Å². The molecule has 1 fully saturated rings. The first-order valence-corrected chi connectivity index (χ1v) is 5.12. The van der Waals surface area contributed by atoms with Crippen LogP contribution in [0, 0.1) is 5.92 Å². The largest absolute Gasteiger partial charge is 0.386 e. The van der Waals surface area contributed by atoms with Gasteiger partial charge in [0.1, 0.15) is 0 Å². The fourth-order valence-corrected chi connectivity index (χ4v) is 2.02. The minimum absolute atomic E-state index is 0.685. The second-order valence-electron chi connectivity index (χ2n) is 4.15. The molecule has 0 saturated heterocycles. The first-order valence-electron chi connectivity index (χ1n) is 5.12. The van der Waals surface area contributed by atoms with E-state index in [9.17, 15) is 0 Å². The average molecular weight is 167 g/mol. The molecule has 2 unspecified atom stereocenters. The lowest BCUT2D eigenvalue weighted by Crippen LogP contribution is -2.32. The van der Waals surface area contributed by atoms with Crippen molar-refractivity contribution in [2.24, 2.45) is 5.92 Å². The summed E-state index contributed by atoms with van der Waals surface area (Å²) in [5.74, 6) is 0.823. The van der Waals surface area contributed by atoms with Gasteiger partial charge in [0.2, 0.25) is 0 Å². The van der Waals surface area contributed by atoms with Crippen LogP contribution in [0.15, 0.2) is 12.3 Å². The minimum atomic E-state index is 0.685. The van der Waals surface area contributed by atoms with E-state index in [4.69, 9.17) is 0 Å². The summed E-state index contributed by atoms with van der Waals surface area (Å²) >= 11 is 0. The maximum atomic E-state index is 3.90. The van der Waals surface area contributed by atoms with Gasteiger partial charge in [0.25, 0.3) is 0 Å². The molecule has 12 heavy (non-hydrogen) atoms. The Labute approximate surface area is 76.2 Å². The zero-order valence-electron chi connectivity index (χ0n) is 8.40. The van der Waals surface area contributed by atoms with Crippen LogP contribution in [0.1, 0.15) is 46.0 Å². The van der Waals surface area contributed by atoms with Crippen LogP contribution in [0.25, 0.3) is 0 Å². The van der Waals surface area contributed by atoms with Crippen molar-refractivity contribution >= 4 is 0 Å². The highest BCUT2D eigenvalue weighted by Crippen LogP contribution is 2.23. The van der Waals surface area contributed by atoms with E-state index in [1.807, 2.05) is 0 Å². The number of hydrogen-bond acceptors (Lipinski definition) is 1. The molecule has 1 N–H and O–H groups in total. The van der Waals surface area contributed by atoms with E-state index in [-0.39, 0.29) is 0 Å². The van der Waals surface area contributed by atoms with Gasteiger partial charge < -0.3 is 5.32 Å². The smallest absolute Gasteiger partial charge is 0.0283 e. The lowest BCUT2D eigenvalue weighted by molar-refractivity contribution is 0.382. The summed E-state index contributed by atoms with van der Waals surface area (Å²) in [7, 11) is 0. The third-order valence-electron chi connectivity index (χ3n) is 2.79. The monoisotopic (exact) mass is 167 g/mol. The predicted molar refractivity (Wildman–Crippen MR) is 54.0 cm³/mol. The highest BCUT2D eigenvalue weighted by Gasteiger charge is 2.18. The van der Waals surface area contributed by atoms with Crippen LogP contribution in [0.5, 0.6) is 0 Å². The van der Waals surface area contributed by atoms with Gasteiger partial charge in [-0.05, 0) is 25.7 Å². The van der Waals surface area contributed by atoms with Crippen molar-refractivity contribution in [3.63, 3.8) is 0 Å². The second kappa shape index (κ2) is 4.54. The van der Waals surface area contributed by atoms with E-state index in [1.54, 1.807) is 0 Å². The predicted octanol–water partition coefficient (Wildman–Crippen LogP) is 3.08. The van der Waals surface area contributed by atoms with E-state index in [0.717, 1.165) is 11.6 Å². The lowest BCUT2D eigenvalue weighted by Gasteiger charge is -2.23. The highest BCUT2D eigenvalue weighted by atomic mass is 14.9. The van der Waals surface area contributed by atoms with Gasteiger partial charge in [0, 0.05) is 11.7 Å². The zero-order valence-corrected chi connectivity index (χ0v) is 8.40. The molecule has 0 aromatic heterocycles. The van der Waals surface area contributed by atoms with E-state index < -0.39 is 0 Å². The molecule has 1 nitrogen and oxygen atoms in total. The van der Waals surface area contributed by atoms with Crippen LogP contribution in [-0.2, 0) is 0 Å². The molecule has 1 aliphatic rings. The minimum Gasteiger partial charge on any atom is -0.386 e. The molecule has 1 heteroatoms. The molecule has 0 aromatic rings. The van der Waals surface area contributed by atoms with E-state index in [0.29, 0.717) is 6.04 Å². The molecule has 0 radical (unpaired) electrons. The Balaban J connectivity index is 2.41. The third-order valence-corrected chi connectivity index (χ3v) is 2.79. The zero-order chi connectivity index (χ0) is 8.97. The van der Waals surface area contributed by atoms with E-state index in [1.165, 1.54) is 32.1 Å². The number of nitrogens with one attached hydrogen (secondary N) is 1. The Morgan fingerprint density at radius 3 is 2.58 bits per heavy atom. The number of hydrogen-bond donors (Lipinski definition) is 1. The molecule has 0 heterocycles. The summed E-state index contributed by atoms with van der Waals surface area (Å²) in [5.41, 5.74) is 1.12. The van der Waals surface area contributed by atoms with Gasteiger partial charge in [-0.3, -0.25) is 0 Å². The number of rotatable bonds is 2. The first-order chi connectivity index (χ1) is 5.70. The van der Waals surface area contributed by atoms with Crippen molar-refractivity contribution in [3.8, 4) is 0 Å². The first kappa shape index (κ1) is 9.63. The van der Waals surface area contributed by atoms with Gasteiger partial charge in [0.15, 0.2) is 0 Å². The van der Waals surface area contributed by atoms with Crippen LogP contribution in [0.2, 0.25) is 0 Å². The van der Waals surface area contributed by atoms with Gasteiger partial charge >= 0.3 is 0 Å². The summed E-state index contributed by atoms with van der Waals surface area (Å²) in [6.45, 7) is 8.31. The fraction of sp³-hybridized carbons (Fsp3) is 0.818. The molecular weight excluding hydrogens is 146 g/mol. The maximum Gasteiger partial charge on any atom is 0.0283 e. The van der Waals surface area contributed by atoms with Crippen molar-refractivity contribution in [2.75, 3.05) is 0 Å². The average Bonchev–Trinajstić information content (AvgIpc) is 2.16. The lowest BCUT2D eigenvalue weighted by atomic mass is 9.97. The molecule has 0 aliphatic heterocycles. The molecule has 2 atom stereocenters.